The Hall–Kier alpha value is -1.40. The molecule has 0 radical (unpaired) electrons. The summed E-state index contributed by atoms with van der Waals surface area (Å²) in [6.07, 6.45) is 5.89. The van der Waals surface area contributed by atoms with Gasteiger partial charge < -0.3 is 9.64 Å². The number of amides is 1. The second-order valence-corrected chi connectivity index (χ2v) is 5.92. The minimum Gasteiger partial charge on any atom is -0.378 e. The van der Waals surface area contributed by atoms with E-state index in [9.17, 15) is 4.79 Å². The molecule has 2 atom stereocenters. The molecule has 2 aliphatic heterocycles. The third-order valence-electron chi connectivity index (χ3n) is 4.45. The van der Waals surface area contributed by atoms with Crippen LogP contribution in [0.1, 0.15) is 19.8 Å². The van der Waals surface area contributed by atoms with Crippen molar-refractivity contribution >= 4 is 5.91 Å². The molecule has 0 saturated carbocycles. The number of hydrogen-bond donors (Lipinski definition) is 0. The zero-order valence-corrected chi connectivity index (χ0v) is 12.6. The van der Waals surface area contributed by atoms with Crippen molar-refractivity contribution in [2.24, 2.45) is 0 Å². The predicted molar refractivity (Wildman–Crippen MR) is 78.8 cm³/mol. The number of aromatic nitrogens is 2. The molecule has 3 heterocycles. The molecule has 1 amide bonds. The Kier molecular flexibility index (Phi) is 4.55. The Morgan fingerprint density at radius 1 is 1.38 bits per heavy atom. The first-order valence-corrected chi connectivity index (χ1v) is 7.86. The highest BCUT2D eigenvalue weighted by molar-refractivity contribution is 5.76. The fourth-order valence-corrected chi connectivity index (χ4v) is 3.38. The Morgan fingerprint density at radius 3 is 3.05 bits per heavy atom. The minimum atomic E-state index is 0.149. The van der Waals surface area contributed by atoms with Crippen LogP contribution in [-0.4, -0.2) is 70.4 Å². The summed E-state index contributed by atoms with van der Waals surface area (Å²) in [5, 5.41) is 4.10. The molecule has 0 spiro atoms. The zero-order valence-electron chi connectivity index (χ0n) is 12.6. The molecule has 0 aromatic carbocycles. The van der Waals surface area contributed by atoms with Gasteiger partial charge in [-0.05, 0) is 12.5 Å². The van der Waals surface area contributed by atoms with Gasteiger partial charge in [-0.2, -0.15) is 5.10 Å². The Morgan fingerprint density at radius 2 is 2.29 bits per heavy atom. The highest BCUT2D eigenvalue weighted by Crippen LogP contribution is 2.21. The van der Waals surface area contributed by atoms with E-state index in [-0.39, 0.29) is 5.91 Å². The molecule has 0 aliphatic carbocycles. The number of carbonyl (C=O) groups is 1. The van der Waals surface area contributed by atoms with Crippen LogP contribution in [0.4, 0.5) is 0 Å². The molecule has 116 valence electrons. The van der Waals surface area contributed by atoms with E-state index >= 15 is 0 Å². The fourth-order valence-electron chi connectivity index (χ4n) is 3.38. The molecule has 6 nitrogen and oxygen atoms in total. The normalized spacial score (nSPS) is 26.6. The van der Waals surface area contributed by atoms with Crippen molar-refractivity contribution < 1.29 is 9.53 Å². The predicted octanol–water partition coefficient (Wildman–Crippen LogP) is 0.595. The number of morpholine rings is 1. The standard InChI is InChI=1S/C15H24N4O2/c1-2-4-13-11-21-12-14-9-17(7-8-19(13)14)15(20)10-18-6-3-5-16-18/h3,5-6,13-14H,2,4,7-12H2,1H3/t13-,14+/m0/s1. The summed E-state index contributed by atoms with van der Waals surface area (Å²) in [4.78, 5) is 16.9. The summed E-state index contributed by atoms with van der Waals surface area (Å²) in [5.74, 6) is 0.149. The topological polar surface area (TPSA) is 50.6 Å². The van der Waals surface area contributed by atoms with E-state index in [1.54, 1.807) is 10.9 Å². The Bertz CT molecular complexity index is 460. The largest absolute Gasteiger partial charge is 0.378 e. The summed E-state index contributed by atoms with van der Waals surface area (Å²) < 4.78 is 7.43. The number of fused-ring (bicyclic) bond motifs is 1. The second-order valence-electron chi connectivity index (χ2n) is 5.92. The van der Waals surface area contributed by atoms with Crippen molar-refractivity contribution in [1.29, 1.82) is 0 Å². The van der Waals surface area contributed by atoms with Gasteiger partial charge in [0.05, 0.1) is 19.3 Å². The maximum absolute atomic E-state index is 12.4. The monoisotopic (exact) mass is 292 g/mol. The van der Waals surface area contributed by atoms with Gasteiger partial charge in [0.15, 0.2) is 0 Å². The molecular weight excluding hydrogens is 268 g/mol. The van der Waals surface area contributed by atoms with Gasteiger partial charge in [0.1, 0.15) is 6.54 Å². The second kappa shape index (κ2) is 6.58. The van der Waals surface area contributed by atoms with Gasteiger partial charge in [0, 0.05) is 38.1 Å². The molecule has 21 heavy (non-hydrogen) atoms. The van der Waals surface area contributed by atoms with Crippen LogP contribution >= 0.6 is 0 Å². The number of hydrogen-bond acceptors (Lipinski definition) is 4. The number of carbonyl (C=O) groups excluding carboxylic acids is 1. The van der Waals surface area contributed by atoms with E-state index in [4.69, 9.17) is 4.74 Å². The maximum Gasteiger partial charge on any atom is 0.244 e. The van der Waals surface area contributed by atoms with E-state index in [0.29, 0.717) is 18.6 Å². The summed E-state index contributed by atoms with van der Waals surface area (Å²) >= 11 is 0. The molecule has 1 aromatic heterocycles. The van der Waals surface area contributed by atoms with Crippen molar-refractivity contribution in [1.82, 2.24) is 19.6 Å². The van der Waals surface area contributed by atoms with Crippen molar-refractivity contribution in [3.05, 3.63) is 18.5 Å². The van der Waals surface area contributed by atoms with E-state index < -0.39 is 0 Å². The quantitative estimate of drug-likeness (QED) is 0.815. The summed E-state index contributed by atoms with van der Waals surface area (Å²) in [6.45, 7) is 6.68. The van der Waals surface area contributed by atoms with E-state index in [1.807, 2.05) is 17.2 Å². The maximum atomic E-state index is 12.4. The molecule has 0 bridgehead atoms. The Labute approximate surface area is 125 Å². The SMILES string of the molecule is CCC[C@H]1COC[C@H]2CN(C(=O)Cn3cccn3)CCN12. The third kappa shape index (κ3) is 3.27. The lowest BCUT2D eigenvalue weighted by molar-refractivity contribution is -0.140. The molecule has 2 aliphatic rings. The molecule has 1 aromatic rings. The zero-order chi connectivity index (χ0) is 14.7. The van der Waals surface area contributed by atoms with Crippen LogP contribution in [0.3, 0.4) is 0 Å². The van der Waals surface area contributed by atoms with Crippen molar-refractivity contribution in [2.45, 2.75) is 38.4 Å². The smallest absolute Gasteiger partial charge is 0.244 e. The first kappa shape index (κ1) is 14.5. The van der Waals surface area contributed by atoms with Crippen LogP contribution < -0.4 is 0 Å². The van der Waals surface area contributed by atoms with Crippen LogP contribution in [0.15, 0.2) is 18.5 Å². The fraction of sp³-hybridized carbons (Fsp3) is 0.733. The van der Waals surface area contributed by atoms with Crippen molar-refractivity contribution in [3.8, 4) is 0 Å². The summed E-state index contributed by atoms with van der Waals surface area (Å²) in [7, 11) is 0. The van der Waals surface area contributed by atoms with E-state index in [2.05, 4.69) is 16.9 Å². The first-order chi connectivity index (χ1) is 10.3. The van der Waals surface area contributed by atoms with E-state index in [1.165, 1.54) is 12.8 Å². The molecule has 3 rings (SSSR count). The van der Waals surface area contributed by atoms with Gasteiger partial charge in [-0.3, -0.25) is 14.4 Å². The van der Waals surface area contributed by atoms with Crippen LogP contribution in [0.5, 0.6) is 0 Å². The average Bonchev–Trinajstić information content (AvgIpc) is 3.00. The minimum absolute atomic E-state index is 0.149. The van der Waals surface area contributed by atoms with Crippen LogP contribution in [0.25, 0.3) is 0 Å². The van der Waals surface area contributed by atoms with Crippen LogP contribution in [0.2, 0.25) is 0 Å². The molecule has 0 unspecified atom stereocenters. The Balaban J connectivity index is 1.58. The highest BCUT2D eigenvalue weighted by atomic mass is 16.5. The van der Waals surface area contributed by atoms with Crippen molar-refractivity contribution in [2.75, 3.05) is 32.8 Å². The molecule has 0 N–H and O–H groups in total. The molecule has 2 fully saturated rings. The molecule has 6 heteroatoms. The first-order valence-electron chi connectivity index (χ1n) is 7.86. The van der Waals surface area contributed by atoms with Crippen molar-refractivity contribution in [3.63, 3.8) is 0 Å². The van der Waals surface area contributed by atoms with E-state index in [0.717, 1.165) is 32.8 Å². The van der Waals surface area contributed by atoms with Gasteiger partial charge in [0.25, 0.3) is 0 Å². The van der Waals surface area contributed by atoms with Gasteiger partial charge in [-0.15, -0.1) is 0 Å². The molecular formula is C15H24N4O2. The van der Waals surface area contributed by atoms with Gasteiger partial charge >= 0.3 is 0 Å². The number of piperazine rings is 1. The molecule has 2 saturated heterocycles. The summed E-state index contributed by atoms with van der Waals surface area (Å²) in [6, 6.07) is 2.72. The number of rotatable bonds is 4. The van der Waals surface area contributed by atoms with Gasteiger partial charge in [0.2, 0.25) is 5.91 Å². The van der Waals surface area contributed by atoms with Crippen LogP contribution in [0, 0.1) is 0 Å². The van der Waals surface area contributed by atoms with Gasteiger partial charge in [-0.25, -0.2) is 0 Å². The average molecular weight is 292 g/mol. The lowest BCUT2D eigenvalue weighted by Crippen LogP contribution is -2.62. The number of ether oxygens (including phenoxy) is 1. The summed E-state index contributed by atoms with van der Waals surface area (Å²) in [5.41, 5.74) is 0. The number of nitrogens with zero attached hydrogens (tertiary/aromatic N) is 4. The lowest BCUT2D eigenvalue weighted by Gasteiger charge is -2.48. The van der Waals surface area contributed by atoms with Gasteiger partial charge in [-0.1, -0.05) is 13.3 Å². The highest BCUT2D eigenvalue weighted by Gasteiger charge is 2.36. The lowest BCUT2D eigenvalue weighted by atomic mass is 10.0. The van der Waals surface area contributed by atoms with Crippen LogP contribution in [-0.2, 0) is 16.1 Å². The third-order valence-corrected chi connectivity index (χ3v) is 4.45.